The van der Waals surface area contributed by atoms with Crippen molar-refractivity contribution in [3.63, 3.8) is 0 Å². The first-order valence-electron chi connectivity index (χ1n) is 10.1. The minimum absolute atomic E-state index is 0.981. The molecule has 0 aliphatic rings. The van der Waals surface area contributed by atoms with Gasteiger partial charge in [0.2, 0.25) is 9.60 Å². The molecule has 0 saturated heterocycles. The fourth-order valence-corrected chi connectivity index (χ4v) is 5.36. The third-order valence-electron chi connectivity index (χ3n) is 4.87. The second kappa shape index (κ2) is 8.88. The van der Waals surface area contributed by atoms with Crippen molar-refractivity contribution in [2.75, 3.05) is 0 Å². The average Bonchev–Trinajstić information content (AvgIpc) is 3.26. The first-order valence-corrected chi connectivity index (χ1v) is 11.7. The van der Waals surface area contributed by atoms with Crippen molar-refractivity contribution >= 4 is 43.1 Å². The molecule has 0 fully saturated rings. The first kappa shape index (κ1) is 19.2. The summed E-state index contributed by atoms with van der Waals surface area (Å²) in [7, 11) is 0. The number of benzene rings is 2. The van der Waals surface area contributed by atoms with Gasteiger partial charge >= 0.3 is 0 Å². The summed E-state index contributed by atoms with van der Waals surface area (Å²) in [4.78, 5) is 1.96. The number of unbranched alkanes of at least 4 members (excludes halogenated alkanes) is 2. The Kier molecular flexibility index (Phi) is 6.07. The molecule has 0 unspecified atom stereocenters. The van der Waals surface area contributed by atoms with Crippen molar-refractivity contribution in [1.82, 2.24) is 9.13 Å². The number of aromatic nitrogens is 2. The molecule has 0 bridgehead atoms. The normalized spacial score (nSPS) is 13.2. The Morgan fingerprint density at radius 2 is 1.11 bits per heavy atom. The zero-order chi connectivity index (χ0) is 19.3. The van der Waals surface area contributed by atoms with Crippen LogP contribution in [-0.2, 0) is 13.1 Å². The number of hydrogen-bond acceptors (Lipinski definition) is 4. The van der Waals surface area contributed by atoms with Gasteiger partial charge in [-0.3, -0.25) is 0 Å². The second-order valence-corrected chi connectivity index (χ2v) is 8.93. The van der Waals surface area contributed by atoms with E-state index < -0.39 is 0 Å². The summed E-state index contributed by atoms with van der Waals surface area (Å²) in [6.45, 7) is 6.42. The first-order chi connectivity index (χ1) is 13.8. The highest BCUT2D eigenvalue weighted by Gasteiger charge is 2.07. The molecule has 2 aromatic carbocycles. The van der Waals surface area contributed by atoms with E-state index in [9.17, 15) is 0 Å². The Morgan fingerprint density at radius 3 is 1.54 bits per heavy atom. The monoisotopic (exact) mass is 410 g/mol. The summed E-state index contributed by atoms with van der Waals surface area (Å²) in [6, 6.07) is 17.1. The third-order valence-corrected chi connectivity index (χ3v) is 6.97. The summed E-state index contributed by atoms with van der Waals surface area (Å²) in [5.74, 6) is 0. The van der Waals surface area contributed by atoms with Gasteiger partial charge in [0.25, 0.3) is 0 Å². The maximum Gasteiger partial charge on any atom is 0.211 e. The quantitative estimate of drug-likeness (QED) is 0.349. The summed E-state index contributed by atoms with van der Waals surface area (Å²) in [5.41, 5.74) is 2.51. The lowest BCUT2D eigenvalue weighted by Crippen LogP contribution is -2.17. The van der Waals surface area contributed by atoms with Crippen LogP contribution in [0, 0.1) is 0 Å². The minimum atomic E-state index is 0.981. The second-order valence-electron chi connectivity index (χ2n) is 6.92. The SMILES string of the molecule is CCCCn1c(=N/N=c2\sc3ccccc3n2CCCC)sc2ccccc21. The lowest BCUT2D eigenvalue weighted by molar-refractivity contribution is 0.622. The average molecular weight is 411 g/mol. The third kappa shape index (κ3) is 3.84. The van der Waals surface area contributed by atoms with Gasteiger partial charge in [-0.15, -0.1) is 10.2 Å². The molecular formula is C22H26N4S2. The van der Waals surface area contributed by atoms with E-state index in [1.165, 1.54) is 33.3 Å². The molecule has 6 heteroatoms. The lowest BCUT2D eigenvalue weighted by Gasteiger charge is -2.03. The molecule has 0 amide bonds. The van der Waals surface area contributed by atoms with Crippen LogP contribution in [0.1, 0.15) is 39.5 Å². The van der Waals surface area contributed by atoms with E-state index in [-0.39, 0.29) is 0 Å². The Balaban J connectivity index is 1.87. The van der Waals surface area contributed by atoms with Crippen LogP contribution in [0.2, 0.25) is 0 Å². The summed E-state index contributed by atoms with van der Waals surface area (Å²) < 4.78 is 7.17. The largest absolute Gasteiger partial charge is 0.315 e. The lowest BCUT2D eigenvalue weighted by atomic mass is 10.3. The molecule has 4 rings (SSSR count). The Hall–Kier alpha value is -2.18. The van der Waals surface area contributed by atoms with Gasteiger partial charge in [-0.2, -0.15) is 0 Å². The van der Waals surface area contributed by atoms with Gasteiger partial charge in [0, 0.05) is 13.1 Å². The topological polar surface area (TPSA) is 34.6 Å². The maximum absolute atomic E-state index is 4.73. The van der Waals surface area contributed by atoms with E-state index in [0.717, 1.165) is 35.5 Å². The molecule has 4 nitrogen and oxygen atoms in total. The summed E-state index contributed by atoms with van der Waals surface area (Å²) >= 11 is 3.44. The summed E-state index contributed by atoms with van der Waals surface area (Å²) in [6.07, 6.45) is 4.63. The molecule has 0 saturated carbocycles. The number of hydrogen-bond donors (Lipinski definition) is 0. The molecule has 0 radical (unpaired) electrons. The fourth-order valence-electron chi connectivity index (χ4n) is 3.34. The highest BCUT2D eigenvalue weighted by Crippen LogP contribution is 2.18. The predicted octanol–water partition coefficient (Wildman–Crippen LogP) is 5.74. The molecule has 0 N–H and O–H groups in total. The van der Waals surface area contributed by atoms with Gasteiger partial charge in [0.15, 0.2) is 0 Å². The van der Waals surface area contributed by atoms with Gasteiger partial charge < -0.3 is 9.13 Å². The van der Waals surface area contributed by atoms with Crippen molar-refractivity contribution in [3.8, 4) is 0 Å². The van der Waals surface area contributed by atoms with Gasteiger partial charge in [-0.25, -0.2) is 0 Å². The number of rotatable bonds is 7. The molecule has 2 heterocycles. The smallest absolute Gasteiger partial charge is 0.211 e. The molecular weight excluding hydrogens is 384 g/mol. The number of aryl methyl sites for hydroxylation is 2. The van der Waals surface area contributed by atoms with Gasteiger partial charge in [0.1, 0.15) is 0 Å². The van der Waals surface area contributed by atoms with E-state index >= 15 is 0 Å². The molecule has 0 atom stereocenters. The van der Waals surface area contributed by atoms with Crippen LogP contribution in [0.4, 0.5) is 0 Å². The Labute approximate surface area is 173 Å². The molecule has 0 aliphatic heterocycles. The molecule has 0 aliphatic carbocycles. The Morgan fingerprint density at radius 1 is 0.679 bits per heavy atom. The van der Waals surface area contributed by atoms with Crippen molar-refractivity contribution in [1.29, 1.82) is 0 Å². The maximum atomic E-state index is 4.73. The van der Waals surface area contributed by atoms with Crippen molar-refractivity contribution < 1.29 is 0 Å². The standard InChI is InChI=1S/C22H26N4S2/c1-3-5-15-25-17-11-7-9-13-19(17)27-21(25)23-24-22-26(16-6-4-2)18-12-8-10-14-20(18)28-22/h7-14H,3-6,15-16H2,1-2H3/b23-21-,24-22?. The number of nitrogens with zero attached hydrogens (tertiary/aromatic N) is 4. The van der Waals surface area contributed by atoms with Crippen molar-refractivity contribution in [2.24, 2.45) is 10.2 Å². The number of thiazole rings is 2. The van der Waals surface area contributed by atoms with Crippen LogP contribution < -0.4 is 9.60 Å². The summed E-state index contributed by atoms with van der Waals surface area (Å²) in [5, 5.41) is 9.45. The molecule has 4 aromatic rings. The predicted molar refractivity (Wildman–Crippen MR) is 121 cm³/mol. The molecule has 146 valence electrons. The van der Waals surface area contributed by atoms with E-state index in [2.05, 4.69) is 71.5 Å². The highest BCUT2D eigenvalue weighted by atomic mass is 32.1. The zero-order valence-corrected chi connectivity index (χ0v) is 18.1. The van der Waals surface area contributed by atoms with Gasteiger partial charge in [-0.05, 0) is 37.1 Å². The van der Waals surface area contributed by atoms with E-state index in [1.807, 2.05) is 0 Å². The van der Waals surface area contributed by atoms with Crippen LogP contribution in [0.25, 0.3) is 20.4 Å². The molecule has 28 heavy (non-hydrogen) atoms. The van der Waals surface area contributed by atoms with Crippen LogP contribution in [-0.4, -0.2) is 9.13 Å². The van der Waals surface area contributed by atoms with Crippen LogP contribution in [0.5, 0.6) is 0 Å². The van der Waals surface area contributed by atoms with Crippen LogP contribution in [0.15, 0.2) is 58.7 Å². The number of fused-ring (bicyclic) bond motifs is 2. The zero-order valence-electron chi connectivity index (χ0n) is 16.5. The highest BCUT2D eigenvalue weighted by molar-refractivity contribution is 7.16. The number of para-hydroxylation sites is 2. The van der Waals surface area contributed by atoms with E-state index in [1.54, 1.807) is 22.7 Å². The Bertz CT molecular complexity index is 1110. The molecule has 2 aromatic heterocycles. The van der Waals surface area contributed by atoms with E-state index in [4.69, 9.17) is 10.2 Å². The van der Waals surface area contributed by atoms with Gasteiger partial charge in [-0.1, -0.05) is 73.6 Å². The molecule has 0 spiro atoms. The van der Waals surface area contributed by atoms with E-state index in [0.29, 0.717) is 0 Å². The van der Waals surface area contributed by atoms with Crippen molar-refractivity contribution in [3.05, 3.63) is 58.1 Å². The van der Waals surface area contributed by atoms with Gasteiger partial charge in [0.05, 0.1) is 20.4 Å². The fraction of sp³-hybridized carbons (Fsp3) is 0.364. The van der Waals surface area contributed by atoms with Crippen LogP contribution >= 0.6 is 22.7 Å². The van der Waals surface area contributed by atoms with Crippen LogP contribution in [0.3, 0.4) is 0 Å². The van der Waals surface area contributed by atoms with Crippen molar-refractivity contribution in [2.45, 2.75) is 52.6 Å². The minimum Gasteiger partial charge on any atom is -0.315 e.